The molecular weight excluding hydrogens is 130 g/mol. The Kier molecular flexibility index (Phi) is 3.44. The molecule has 0 radical (unpaired) electrons. The van der Waals surface area contributed by atoms with E-state index in [-0.39, 0.29) is 0 Å². The second-order valence-electron chi connectivity index (χ2n) is 2.51. The first-order chi connectivity index (χ1) is 4.43. The van der Waals surface area contributed by atoms with E-state index in [2.05, 4.69) is 24.0 Å². The fourth-order valence-electron chi connectivity index (χ4n) is 1.15. The van der Waals surface area contributed by atoms with Gasteiger partial charge in [0.2, 0.25) is 0 Å². The van der Waals surface area contributed by atoms with E-state index in [0.717, 1.165) is 6.04 Å². The summed E-state index contributed by atoms with van der Waals surface area (Å²) in [6, 6.07) is 0.814. The van der Waals surface area contributed by atoms with Crippen molar-refractivity contribution in [1.29, 1.82) is 0 Å². The van der Waals surface area contributed by atoms with Crippen molar-refractivity contribution < 1.29 is 0 Å². The first-order valence-electron chi connectivity index (χ1n) is 3.74. The van der Waals surface area contributed by atoms with Gasteiger partial charge >= 0.3 is 0 Å². The second kappa shape index (κ2) is 4.18. The largest absolute Gasteiger partial charge is 0.312 e. The third-order valence-corrected chi connectivity index (χ3v) is 2.77. The summed E-state index contributed by atoms with van der Waals surface area (Å²) in [5.74, 6) is 2.63. The normalized spacial score (nSPS) is 28.3. The molecule has 0 aromatic rings. The minimum Gasteiger partial charge on any atom is -0.312 e. The van der Waals surface area contributed by atoms with Crippen LogP contribution in [-0.2, 0) is 0 Å². The Labute approximate surface area is 61.6 Å². The van der Waals surface area contributed by atoms with E-state index in [1.165, 1.54) is 30.9 Å². The summed E-state index contributed by atoms with van der Waals surface area (Å²) < 4.78 is 0. The zero-order chi connectivity index (χ0) is 6.53. The Balaban J connectivity index is 2.08. The highest BCUT2D eigenvalue weighted by atomic mass is 32.2. The molecule has 1 aliphatic heterocycles. The molecule has 54 valence electrons. The molecule has 1 rings (SSSR count). The minimum atomic E-state index is 0.814. The smallest absolute Gasteiger partial charge is 0.0158 e. The summed E-state index contributed by atoms with van der Waals surface area (Å²) in [5, 5.41) is 3.50. The number of thioether (sulfide) groups is 1. The van der Waals surface area contributed by atoms with Crippen LogP contribution < -0.4 is 5.32 Å². The van der Waals surface area contributed by atoms with E-state index in [1.54, 1.807) is 0 Å². The molecule has 0 aromatic carbocycles. The highest BCUT2D eigenvalue weighted by Crippen LogP contribution is 2.10. The number of hydrogen-bond acceptors (Lipinski definition) is 2. The third kappa shape index (κ3) is 2.59. The van der Waals surface area contributed by atoms with Crippen LogP contribution in [0.1, 0.15) is 19.8 Å². The SMILES string of the molecule is CCCC1CSCCN1. The van der Waals surface area contributed by atoms with Crippen molar-refractivity contribution in [3.05, 3.63) is 0 Å². The summed E-state index contributed by atoms with van der Waals surface area (Å²) in [4.78, 5) is 0. The molecule has 0 bridgehead atoms. The van der Waals surface area contributed by atoms with E-state index in [9.17, 15) is 0 Å². The predicted octanol–water partition coefficient (Wildman–Crippen LogP) is 1.49. The third-order valence-electron chi connectivity index (χ3n) is 1.64. The average Bonchev–Trinajstić information content (AvgIpc) is 1.91. The zero-order valence-electron chi connectivity index (χ0n) is 6.02. The fourth-order valence-corrected chi connectivity index (χ4v) is 2.15. The van der Waals surface area contributed by atoms with E-state index in [1.807, 2.05) is 0 Å². The molecule has 1 heterocycles. The molecule has 1 unspecified atom stereocenters. The molecule has 1 fully saturated rings. The Hall–Kier alpha value is 0.310. The molecular formula is C7H15NS. The molecule has 1 aliphatic rings. The van der Waals surface area contributed by atoms with Crippen LogP contribution in [0.2, 0.25) is 0 Å². The van der Waals surface area contributed by atoms with Crippen molar-refractivity contribution in [2.24, 2.45) is 0 Å². The maximum Gasteiger partial charge on any atom is 0.0158 e. The minimum absolute atomic E-state index is 0.814. The predicted molar refractivity (Wildman–Crippen MR) is 44.0 cm³/mol. The highest BCUT2D eigenvalue weighted by Gasteiger charge is 2.10. The van der Waals surface area contributed by atoms with Gasteiger partial charge in [0, 0.05) is 24.1 Å². The van der Waals surface area contributed by atoms with Crippen LogP contribution in [-0.4, -0.2) is 24.1 Å². The molecule has 1 nitrogen and oxygen atoms in total. The van der Waals surface area contributed by atoms with E-state index in [4.69, 9.17) is 0 Å². The first kappa shape index (κ1) is 7.42. The summed E-state index contributed by atoms with van der Waals surface area (Å²) in [5.41, 5.74) is 0. The van der Waals surface area contributed by atoms with Crippen molar-refractivity contribution in [2.75, 3.05) is 18.1 Å². The van der Waals surface area contributed by atoms with Crippen molar-refractivity contribution in [3.8, 4) is 0 Å². The van der Waals surface area contributed by atoms with Gasteiger partial charge in [-0.05, 0) is 6.42 Å². The summed E-state index contributed by atoms with van der Waals surface area (Å²) in [6.45, 7) is 3.47. The van der Waals surface area contributed by atoms with Gasteiger partial charge in [0.05, 0.1) is 0 Å². The zero-order valence-corrected chi connectivity index (χ0v) is 6.84. The topological polar surface area (TPSA) is 12.0 Å². The van der Waals surface area contributed by atoms with Crippen molar-refractivity contribution in [1.82, 2.24) is 5.32 Å². The quantitative estimate of drug-likeness (QED) is 0.632. The lowest BCUT2D eigenvalue weighted by Gasteiger charge is -2.22. The van der Waals surface area contributed by atoms with Crippen LogP contribution in [0.25, 0.3) is 0 Å². The van der Waals surface area contributed by atoms with Gasteiger partial charge < -0.3 is 5.32 Å². The molecule has 0 aromatic heterocycles. The molecule has 1 atom stereocenters. The molecule has 2 heteroatoms. The van der Waals surface area contributed by atoms with Crippen LogP contribution in [0.3, 0.4) is 0 Å². The number of rotatable bonds is 2. The monoisotopic (exact) mass is 145 g/mol. The average molecular weight is 145 g/mol. The number of hydrogen-bond donors (Lipinski definition) is 1. The Morgan fingerprint density at radius 1 is 1.67 bits per heavy atom. The molecule has 0 aliphatic carbocycles. The summed E-state index contributed by atoms with van der Waals surface area (Å²) in [7, 11) is 0. The first-order valence-corrected chi connectivity index (χ1v) is 4.90. The van der Waals surface area contributed by atoms with E-state index < -0.39 is 0 Å². The maximum absolute atomic E-state index is 3.50. The van der Waals surface area contributed by atoms with Crippen molar-refractivity contribution in [3.63, 3.8) is 0 Å². The van der Waals surface area contributed by atoms with E-state index in [0.29, 0.717) is 0 Å². The molecule has 9 heavy (non-hydrogen) atoms. The Morgan fingerprint density at radius 2 is 2.56 bits per heavy atom. The van der Waals surface area contributed by atoms with Crippen LogP contribution in [0.5, 0.6) is 0 Å². The molecule has 0 spiro atoms. The van der Waals surface area contributed by atoms with Gasteiger partial charge in [-0.3, -0.25) is 0 Å². The highest BCUT2D eigenvalue weighted by molar-refractivity contribution is 7.99. The van der Waals surface area contributed by atoms with Crippen LogP contribution >= 0.6 is 11.8 Å². The molecule has 0 saturated carbocycles. The van der Waals surface area contributed by atoms with Gasteiger partial charge in [0.1, 0.15) is 0 Å². The van der Waals surface area contributed by atoms with Gasteiger partial charge in [-0.2, -0.15) is 11.8 Å². The second-order valence-corrected chi connectivity index (χ2v) is 3.66. The van der Waals surface area contributed by atoms with E-state index >= 15 is 0 Å². The summed E-state index contributed by atoms with van der Waals surface area (Å²) in [6.07, 6.45) is 2.67. The van der Waals surface area contributed by atoms with Gasteiger partial charge in [-0.1, -0.05) is 13.3 Å². The van der Waals surface area contributed by atoms with Crippen LogP contribution in [0.4, 0.5) is 0 Å². The summed E-state index contributed by atoms with van der Waals surface area (Å²) >= 11 is 2.08. The van der Waals surface area contributed by atoms with Gasteiger partial charge in [0.25, 0.3) is 0 Å². The van der Waals surface area contributed by atoms with Crippen molar-refractivity contribution >= 4 is 11.8 Å². The standard InChI is InChI=1S/C7H15NS/c1-2-3-7-6-9-5-4-8-7/h7-8H,2-6H2,1H3. The van der Waals surface area contributed by atoms with Gasteiger partial charge in [-0.25, -0.2) is 0 Å². The van der Waals surface area contributed by atoms with Crippen molar-refractivity contribution in [2.45, 2.75) is 25.8 Å². The van der Waals surface area contributed by atoms with Gasteiger partial charge in [0.15, 0.2) is 0 Å². The fraction of sp³-hybridized carbons (Fsp3) is 1.00. The Morgan fingerprint density at radius 3 is 3.11 bits per heavy atom. The van der Waals surface area contributed by atoms with Crippen LogP contribution in [0, 0.1) is 0 Å². The number of nitrogens with one attached hydrogen (secondary N) is 1. The lowest BCUT2D eigenvalue weighted by molar-refractivity contribution is 0.523. The molecule has 1 saturated heterocycles. The molecule has 1 N–H and O–H groups in total. The molecule has 0 amide bonds. The van der Waals surface area contributed by atoms with Gasteiger partial charge in [-0.15, -0.1) is 0 Å². The lowest BCUT2D eigenvalue weighted by Crippen LogP contribution is -2.36. The Bertz CT molecular complexity index is 66.6. The lowest BCUT2D eigenvalue weighted by atomic mass is 10.2. The maximum atomic E-state index is 3.50. The van der Waals surface area contributed by atoms with Crippen LogP contribution in [0.15, 0.2) is 0 Å².